The predicted molar refractivity (Wildman–Crippen MR) is 131 cm³/mol. The van der Waals surface area contributed by atoms with E-state index in [-0.39, 0.29) is 18.1 Å². The summed E-state index contributed by atoms with van der Waals surface area (Å²) in [6.07, 6.45) is 8.79. The molecule has 2 aromatic rings. The Bertz CT molecular complexity index is 896. The van der Waals surface area contributed by atoms with Crippen molar-refractivity contribution in [2.24, 2.45) is 0 Å². The molecule has 6 heteroatoms. The highest BCUT2D eigenvalue weighted by molar-refractivity contribution is 5.75. The third-order valence-electron chi connectivity index (χ3n) is 7.05. The molecule has 2 N–H and O–H groups in total. The highest BCUT2D eigenvalue weighted by Crippen LogP contribution is 2.31. The molecule has 33 heavy (non-hydrogen) atoms. The summed E-state index contributed by atoms with van der Waals surface area (Å²) in [4.78, 5) is 15.8. The summed E-state index contributed by atoms with van der Waals surface area (Å²) < 4.78 is 10.9. The molecule has 4 rings (SSSR count). The molecule has 178 valence electrons. The number of urea groups is 1. The first kappa shape index (κ1) is 23.4. The van der Waals surface area contributed by atoms with Gasteiger partial charge in [-0.3, -0.25) is 4.90 Å². The van der Waals surface area contributed by atoms with Crippen LogP contribution in [0.2, 0.25) is 0 Å². The van der Waals surface area contributed by atoms with Gasteiger partial charge in [-0.05, 0) is 56.0 Å². The molecule has 1 aliphatic carbocycles. The van der Waals surface area contributed by atoms with Crippen molar-refractivity contribution in [2.75, 3.05) is 27.3 Å². The second-order valence-electron chi connectivity index (χ2n) is 9.19. The van der Waals surface area contributed by atoms with E-state index in [0.29, 0.717) is 6.04 Å². The first-order valence-corrected chi connectivity index (χ1v) is 12.3. The van der Waals surface area contributed by atoms with E-state index in [1.54, 1.807) is 14.2 Å². The number of nitrogens with zero attached hydrogens (tertiary/aromatic N) is 1. The molecule has 0 bridgehead atoms. The number of para-hydroxylation sites is 1. The van der Waals surface area contributed by atoms with Crippen molar-refractivity contribution < 1.29 is 14.3 Å². The molecule has 2 unspecified atom stereocenters. The van der Waals surface area contributed by atoms with Gasteiger partial charge in [-0.1, -0.05) is 49.6 Å². The first-order chi connectivity index (χ1) is 16.2. The molecule has 2 aliphatic rings. The maximum Gasteiger partial charge on any atom is 0.315 e. The minimum Gasteiger partial charge on any atom is -0.497 e. The topological polar surface area (TPSA) is 62.8 Å². The van der Waals surface area contributed by atoms with Crippen LogP contribution in [-0.2, 0) is 0 Å². The average molecular weight is 452 g/mol. The minimum absolute atomic E-state index is 0.141. The number of hydrogen-bond acceptors (Lipinski definition) is 4. The zero-order valence-electron chi connectivity index (χ0n) is 19.9. The zero-order chi connectivity index (χ0) is 23.0. The monoisotopic (exact) mass is 451 g/mol. The van der Waals surface area contributed by atoms with Gasteiger partial charge in [0.25, 0.3) is 0 Å². The molecule has 6 nitrogen and oxygen atoms in total. The lowest BCUT2D eigenvalue weighted by Crippen LogP contribution is -2.53. The van der Waals surface area contributed by atoms with E-state index in [2.05, 4.69) is 15.5 Å². The molecule has 1 aliphatic heterocycles. The maximum atomic E-state index is 13.2. The third kappa shape index (κ3) is 5.99. The summed E-state index contributed by atoms with van der Waals surface area (Å²) in [6, 6.07) is 16.0. The van der Waals surface area contributed by atoms with Crippen LogP contribution in [0.3, 0.4) is 0 Å². The summed E-state index contributed by atoms with van der Waals surface area (Å²) in [5.74, 6) is 1.53. The smallest absolute Gasteiger partial charge is 0.315 e. The van der Waals surface area contributed by atoms with E-state index in [1.165, 1.54) is 32.1 Å². The SMILES string of the molecule is COc1ccc(C(NC(=O)NC2CCCN(C3CCCCC3)C2)c2ccccc2OC)cc1. The fraction of sp³-hybridized carbons (Fsp3) is 0.519. The van der Waals surface area contributed by atoms with Gasteiger partial charge in [0.05, 0.1) is 20.3 Å². The number of nitrogens with one attached hydrogen (secondary N) is 2. The molecule has 2 fully saturated rings. The minimum atomic E-state index is -0.329. The lowest BCUT2D eigenvalue weighted by atomic mass is 9.92. The molecule has 0 aromatic heterocycles. The molecule has 2 atom stereocenters. The number of ether oxygens (including phenoxy) is 2. The van der Waals surface area contributed by atoms with Gasteiger partial charge >= 0.3 is 6.03 Å². The summed E-state index contributed by atoms with van der Waals surface area (Å²) in [6.45, 7) is 2.10. The summed E-state index contributed by atoms with van der Waals surface area (Å²) in [5.41, 5.74) is 1.90. The molecular weight excluding hydrogens is 414 g/mol. The Hall–Kier alpha value is -2.73. The number of hydrogen-bond donors (Lipinski definition) is 2. The summed E-state index contributed by atoms with van der Waals surface area (Å²) >= 11 is 0. The zero-order valence-corrected chi connectivity index (χ0v) is 19.9. The molecular formula is C27H37N3O3. The van der Waals surface area contributed by atoms with Gasteiger partial charge in [-0.2, -0.15) is 0 Å². The van der Waals surface area contributed by atoms with Gasteiger partial charge in [0.15, 0.2) is 0 Å². The van der Waals surface area contributed by atoms with Crippen molar-refractivity contribution in [1.82, 2.24) is 15.5 Å². The van der Waals surface area contributed by atoms with Crippen LogP contribution >= 0.6 is 0 Å². The number of rotatable bonds is 7. The molecule has 1 saturated heterocycles. The van der Waals surface area contributed by atoms with Gasteiger partial charge in [0.2, 0.25) is 0 Å². The summed E-state index contributed by atoms with van der Waals surface area (Å²) in [7, 11) is 3.31. The highest BCUT2D eigenvalue weighted by atomic mass is 16.5. The Morgan fingerprint density at radius 3 is 2.42 bits per heavy atom. The van der Waals surface area contributed by atoms with Crippen molar-refractivity contribution in [1.29, 1.82) is 0 Å². The van der Waals surface area contributed by atoms with Gasteiger partial charge in [0.1, 0.15) is 11.5 Å². The molecule has 0 radical (unpaired) electrons. The van der Waals surface area contributed by atoms with E-state index < -0.39 is 0 Å². The van der Waals surface area contributed by atoms with E-state index >= 15 is 0 Å². The number of methoxy groups -OCH3 is 2. The molecule has 0 spiro atoms. The van der Waals surface area contributed by atoms with Crippen LogP contribution in [-0.4, -0.2) is 50.3 Å². The van der Waals surface area contributed by atoms with Crippen LogP contribution in [0.5, 0.6) is 11.5 Å². The van der Waals surface area contributed by atoms with Crippen LogP contribution in [0.15, 0.2) is 48.5 Å². The van der Waals surface area contributed by atoms with Gasteiger partial charge in [-0.15, -0.1) is 0 Å². The van der Waals surface area contributed by atoms with Crippen molar-refractivity contribution >= 4 is 6.03 Å². The van der Waals surface area contributed by atoms with Gasteiger partial charge in [0, 0.05) is 24.2 Å². The Kier molecular flexibility index (Phi) is 8.10. The van der Waals surface area contributed by atoms with Crippen LogP contribution in [0.25, 0.3) is 0 Å². The second-order valence-corrected chi connectivity index (χ2v) is 9.19. The second kappa shape index (κ2) is 11.4. The van der Waals surface area contributed by atoms with E-state index in [1.807, 2.05) is 48.5 Å². The van der Waals surface area contributed by atoms with Gasteiger partial charge < -0.3 is 20.1 Å². The Labute approximate surface area is 197 Å². The average Bonchev–Trinajstić information content (AvgIpc) is 2.88. The Morgan fingerprint density at radius 2 is 1.70 bits per heavy atom. The first-order valence-electron chi connectivity index (χ1n) is 12.3. The fourth-order valence-corrected chi connectivity index (χ4v) is 5.30. The number of benzene rings is 2. The number of likely N-dealkylation sites (tertiary alicyclic amines) is 1. The lowest BCUT2D eigenvalue weighted by Gasteiger charge is -2.40. The van der Waals surface area contributed by atoms with Crippen LogP contribution < -0.4 is 20.1 Å². The van der Waals surface area contributed by atoms with Crippen LogP contribution in [0.1, 0.15) is 62.1 Å². The molecule has 2 aromatic carbocycles. The standard InChI is InChI=1S/C27H37N3O3/c1-32-23-16-14-20(15-17-23)26(24-12-6-7-13-25(24)33-2)29-27(31)28-21-9-8-18-30(19-21)22-10-4-3-5-11-22/h6-7,12-17,21-22,26H,3-5,8-11,18-19H2,1-2H3,(H2,28,29,31). The molecule has 1 heterocycles. The van der Waals surface area contributed by atoms with Crippen LogP contribution in [0.4, 0.5) is 4.79 Å². The Balaban J connectivity index is 1.46. The van der Waals surface area contributed by atoms with Crippen molar-refractivity contribution in [3.63, 3.8) is 0 Å². The van der Waals surface area contributed by atoms with Crippen molar-refractivity contribution in [3.05, 3.63) is 59.7 Å². The van der Waals surface area contributed by atoms with Crippen molar-refractivity contribution in [3.8, 4) is 11.5 Å². The van der Waals surface area contributed by atoms with E-state index in [0.717, 1.165) is 48.6 Å². The normalized spacial score (nSPS) is 20.6. The van der Waals surface area contributed by atoms with Gasteiger partial charge in [-0.25, -0.2) is 4.79 Å². The lowest BCUT2D eigenvalue weighted by molar-refractivity contribution is 0.112. The van der Waals surface area contributed by atoms with Crippen molar-refractivity contribution in [2.45, 2.75) is 63.1 Å². The maximum absolute atomic E-state index is 13.2. The largest absolute Gasteiger partial charge is 0.497 e. The fourth-order valence-electron chi connectivity index (χ4n) is 5.30. The van der Waals surface area contributed by atoms with E-state index in [4.69, 9.17) is 9.47 Å². The quantitative estimate of drug-likeness (QED) is 0.629. The number of carbonyl (C=O) groups excluding carboxylic acids is 1. The number of piperidine rings is 1. The van der Waals surface area contributed by atoms with Crippen LogP contribution in [0, 0.1) is 0 Å². The molecule has 1 saturated carbocycles. The number of carbonyl (C=O) groups is 1. The summed E-state index contributed by atoms with van der Waals surface area (Å²) in [5, 5.41) is 6.47. The molecule has 2 amide bonds. The third-order valence-corrected chi connectivity index (χ3v) is 7.05. The Morgan fingerprint density at radius 1 is 0.939 bits per heavy atom. The number of amides is 2. The highest BCUT2D eigenvalue weighted by Gasteiger charge is 2.28. The predicted octanol–water partition coefficient (Wildman–Crippen LogP) is 4.89. The van der Waals surface area contributed by atoms with E-state index in [9.17, 15) is 4.79 Å².